The summed E-state index contributed by atoms with van der Waals surface area (Å²) in [5, 5.41) is 18.1. The van der Waals surface area contributed by atoms with E-state index in [1.807, 2.05) is 36.4 Å². The Morgan fingerprint density at radius 1 is 1.08 bits per heavy atom. The summed E-state index contributed by atoms with van der Waals surface area (Å²) < 4.78 is 11.3. The van der Waals surface area contributed by atoms with Crippen LogP contribution in [0.1, 0.15) is 29.6 Å². The molecule has 3 heterocycles. The Balaban J connectivity index is 1.19. The standard InChI is InChI=1S/C27H22N6O3/c34-27(30-24-15-35-14-21(36-24)11-17-5-2-1-3-6-17)20-8-4-7-18(12-20)25-22-13-19(26-28-16-29-33-26)9-10-23(22)31-32-25/h1-2,4-5,7-10,12-16H,3,6,11H2,(H,30,34)(H,31,32)(H,28,29,33). The maximum atomic E-state index is 13.0. The lowest BCUT2D eigenvalue weighted by Crippen LogP contribution is -2.25. The molecule has 0 saturated carbocycles. The molecule has 2 aromatic heterocycles. The lowest BCUT2D eigenvalue weighted by molar-refractivity contribution is 0.0922. The molecule has 9 heteroatoms. The summed E-state index contributed by atoms with van der Waals surface area (Å²) in [6.45, 7) is 0. The molecule has 178 valence electrons. The highest BCUT2D eigenvalue weighted by Crippen LogP contribution is 2.30. The first-order valence-corrected chi connectivity index (χ1v) is 11.6. The summed E-state index contributed by atoms with van der Waals surface area (Å²) in [5.74, 6) is 1.25. The van der Waals surface area contributed by atoms with Gasteiger partial charge in [0, 0.05) is 28.5 Å². The van der Waals surface area contributed by atoms with Gasteiger partial charge in [-0.1, -0.05) is 35.9 Å². The number of rotatable bonds is 6. The first kappa shape index (κ1) is 21.6. The average Bonchev–Trinajstić information content (AvgIpc) is 3.60. The number of nitrogens with one attached hydrogen (secondary N) is 3. The molecule has 2 aliphatic rings. The molecule has 1 amide bonds. The summed E-state index contributed by atoms with van der Waals surface area (Å²) in [7, 11) is 0. The molecule has 0 radical (unpaired) electrons. The summed E-state index contributed by atoms with van der Waals surface area (Å²) in [4.78, 5) is 17.3. The van der Waals surface area contributed by atoms with Crippen molar-refractivity contribution >= 4 is 16.8 Å². The highest BCUT2D eigenvalue weighted by molar-refractivity contribution is 5.99. The Labute approximate surface area is 206 Å². The van der Waals surface area contributed by atoms with E-state index in [1.165, 1.54) is 18.2 Å². The third-order valence-corrected chi connectivity index (χ3v) is 6.00. The van der Waals surface area contributed by atoms with Gasteiger partial charge in [0.2, 0.25) is 5.88 Å². The van der Waals surface area contributed by atoms with E-state index < -0.39 is 0 Å². The maximum absolute atomic E-state index is 13.0. The van der Waals surface area contributed by atoms with E-state index >= 15 is 0 Å². The fourth-order valence-electron chi connectivity index (χ4n) is 4.24. The van der Waals surface area contributed by atoms with Crippen molar-refractivity contribution in [3.05, 3.63) is 102 Å². The number of hydrogen-bond acceptors (Lipinski definition) is 6. The number of fused-ring (bicyclic) bond motifs is 1. The van der Waals surface area contributed by atoms with E-state index in [0.717, 1.165) is 40.6 Å². The van der Waals surface area contributed by atoms with Crippen LogP contribution in [0.25, 0.3) is 33.5 Å². The van der Waals surface area contributed by atoms with Crippen molar-refractivity contribution in [3.8, 4) is 22.6 Å². The zero-order valence-corrected chi connectivity index (χ0v) is 19.2. The highest BCUT2D eigenvalue weighted by atomic mass is 16.6. The van der Waals surface area contributed by atoms with Gasteiger partial charge in [0.25, 0.3) is 5.91 Å². The number of hydrogen-bond donors (Lipinski definition) is 3. The minimum Gasteiger partial charge on any atom is -0.464 e. The van der Waals surface area contributed by atoms with Gasteiger partial charge in [-0.05, 0) is 43.2 Å². The first-order chi connectivity index (χ1) is 17.7. The van der Waals surface area contributed by atoms with Gasteiger partial charge in [-0.25, -0.2) is 4.98 Å². The summed E-state index contributed by atoms with van der Waals surface area (Å²) in [6, 6.07) is 13.2. The fraction of sp³-hybridized carbons (Fsp3) is 0.111. The summed E-state index contributed by atoms with van der Waals surface area (Å²) in [6.07, 6.45) is 13.3. The lowest BCUT2D eigenvalue weighted by Gasteiger charge is -2.18. The van der Waals surface area contributed by atoms with Gasteiger partial charge >= 0.3 is 0 Å². The number of allylic oxidation sites excluding steroid dienone is 4. The molecule has 1 aliphatic heterocycles. The predicted molar refractivity (Wildman–Crippen MR) is 134 cm³/mol. The number of ether oxygens (including phenoxy) is 2. The van der Waals surface area contributed by atoms with Crippen molar-refractivity contribution in [3.63, 3.8) is 0 Å². The van der Waals surface area contributed by atoms with Crippen LogP contribution < -0.4 is 5.32 Å². The number of benzene rings is 2. The second-order valence-electron chi connectivity index (χ2n) is 8.47. The quantitative estimate of drug-likeness (QED) is 0.355. The number of amides is 1. The van der Waals surface area contributed by atoms with Crippen molar-refractivity contribution in [2.45, 2.75) is 19.3 Å². The predicted octanol–water partition coefficient (Wildman–Crippen LogP) is 5.10. The minimum absolute atomic E-state index is 0.247. The van der Waals surface area contributed by atoms with Crippen LogP contribution >= 0.6 is 0 Å². The van der Waals surface area contributed by atoms with Crippen molar-refractivity contribution in [1.29, 1.82) is 0 Å². The Morgan fingerprint density at radius 2 is 2.06 bits per heavy atom. The molecule has 1 aliphatic carbocycles. The Hall–Kier alpha value is -4.92. The molecule has 6 rings (SSSR count). The number of aromatic nitrogens is 5. The largest absolute Gasteiger partial charge is 0.464 e. The van der Waals surface area contributed by atoms with Crippen LogP contribution in [-0.2, 0) is 9.47 Å². The monoisotopic (exact) mass is 478 g/mol. The van der Waals surface area contributed by atoms with E-state index in [0.29, 0.717) is 23.6 Å². The minimum atomic E-state index is -0.310. The molecule has 2 aromatic carbocycles. The highest BCUT2D eigenvalue weighted by Gasteiger charge is 2.17. The van der Waals surface area contributed by atoms with Crippen LogP contribution in [0.5, 0.6) is 0 Å². The van der Waals surface area contributed by atoms with E-state index in [-0.39, 0.29) is 11.8 Å². The van der Waals surface area contributed by atoms with Gasteiger partial charge < -0.3 is 9.47 Å². The molecule has 3 N–H and O–H groups in total. The van der Waals surface area contributed by atoms with Crippen LogP contribution in [0.2, 0.25) is 0 Å². The third-order valence-electron chi connectivity index (χ3n) is 6.00. The maximum Gasteiger partial charge on any atom is 0.258 e. The smallest absolute Gasteiger partial charge is 0.258 e. The number of nitrogens with zero attached hydrogens (tertiary/aromatic N) is 3. The van der Waals surface area contributed by atoms with Crippen molar-refractivity contribution in [2.75, 3.05) is 0 Å². The van der Waals surface area contributed by atoms with Crippen molar-refractivity contribution in [1.82, 2.24) is 30.7 Å². The third kappa shape index (κ3) is 4.41. The van der Waals surface area contributed by atoms with Crippen LogP contribution in [0.15, 0.2) is 96.8 Å². The average molecular weight is 479 g/mol. The van der Waals surface area contributed by atoms with E-state index in [2.05, 4.69) is 42.8 Å². The van der Waals surface area contributed by atoms with E-state index in [4.69, 9.17) is 9.47 Å². The molecular formula is C27H22N6O3. The fourth-order valence-corrected chi connectivity index (χ4v) is 4.24. The van der Waals surface area contributed by atoms with Crippen LogP contribution in [0, 0.1) is 0 Å². The van der Waals surface area contributed by atoms with Gasteiger partial charge in [0.15, 0.2) is 12.1 Å². The van der Waals surface area contributed by atoms with E-state index in [1.54, 1.807) is 18.4 Å². The Kier molecular flexibility index (Phi) is 5.63. The summed E-state index contributed by atoms with van der Waals surface area (Å²) >= 11 is 0. The second kappa shape index (κ2) is 9.38. The number of aromatic amines is 2. The second-order valence-corrected chi connectivity index (χ2v) is 8.47. The molecule has 0 spiro atoms. The zero-order valence-electron chi connectivity index (χ0n) is 19.2. The van der Waals surface area contributed by atoms with Gasteiger partial charge in [-0.3, -0.25) is 20.3 Å². The zero-order chi connectivity index (χ0) is 24.3. The topological polar surface area (TPSA) is 118 Å². The molecule has 0 atom stereocenters. The van der Waals surface area contributed by atoms with Gasteiger partial charge in [0.05, 0.1) is 11.2 Å². The molecule has 0 saturated heterocycles. The van der Waals surface area contributed by atoms with Crippen molar-refractivity contribution in [2.24, 2.45) is 0 Å². The van der Waals surface area contributed by atoms with Crippen molar-refractivity contribution < 1.29 is 14.3 Å². The number of H-pyrrole nitrogens is 2. The molecule has 0 fully saturated rings. The number of carbonyl (C=O) groups excluding carboxylic acids is 1. The molecule has 36 heavy (non-hydrogen) atoms. The van der Waals surface area contributed by atoms with E-state index in [9.17, 15) is 4.79 Å². The van der Waals surface area contributed by atoms with Gasteiger partial charge in [0.1, 0.15) is 18.3 Å². The first-order valence-electron chi connectivity index (χ1n) is 11.6. The summed E-state index contributed by atoms with van der Waals surface area (Å²) in [5.41, 5.74) is 5.03. The molecule has 0 bridgehead atoms. The SMILES string of the molecule is O=C(NC1=COC=C(CC2=CC=CCC2)O1)c1cccc(-c2n[nH]c3ccc(-c4ncn[nH]4)cc23)c1. The molecule has 0 unspecified atom stereocenters. The van der Waals surface area contributed by atoms with Gasteiger partial charge in [-0.2, -0.15) is 10.2 Å². The number of carbonyl (C=O) groups is 1. The Morgan fingerprint density at radius 3 is 2.92 bits per heavy atom. The van der Waals surface area contributed by atoms with Crippen LogP contribution in [0.3, 0.4) is 0 Å². The Bertz CT molecular complexity index is 1560. The lowest BCUT2D eigenvalue weighted by atomic mass is 10.0. The normalized spacial score (nSPS) is 14.9. The van der Waals surface area contributed by atoms with Crippen LogP contribution in [0.4, 0.5) is 0 Å². The van der Waals surface area contributed by atoms with Gasteiger partial charge in [-0.15, -0.1) is 0 Å². The molecule has 9 nitrogen and oxygen atoms in total. The molecular weight excluding hydrogens is 456 g/mol. The molecule has 4 aromatic rings. The van der Waals surface area contributed by atoms with Crippen LogP contribution in [-0.4, -0.2) is 31.3 Å².